The zero-order chi connectivity index (χ0) is 10.4. The van der Waals surface area contributed by atoms with Gasteiger partial charge in [0.15, 0.2) is 0 Å². The van der Waals surface area contributed by atoms with Gasteiger partial charge in [0.25, 0.3) is 5.91 Å². The highest BCUT2D eigenvalue weighted by Crippen LogP contribution is 1.99. The Morgan fingerprint density at radius 3 is 2.71 bits per heavy atom. The molecule has 0 aromatic carbocycles. The van der Waals surface area contributed by atoms with Gasteiger partial charge in [0.2, 0.25) is 5.91 Å². The molecule has 0 aliphatic rings. The van der Waals surface area contributed by atoms with Crippen molar-refractivity contribution in [2.24, 2.45) is 0 Å². The average molecular weight is 213 g/mol. The van der Waals surface area contributed by atoms with Crippen LogP contribution in [0.5, 0.6) is 0 Å². The average Bonchev–Trinajstić information content (AvgIpc) is 2.64. The smallest absolute Gasteiger partial charge is 0.270 e. The largest absolute Gasteiger partial charge is 0.355 e. The van der Waals surface area contributed by atoms with E-state index < -0.39 is 0 Å². The minimum absolute atomic E-state index is 0.104. The molecular formula is C8H11N3O2S. The lowest BCUT2D eigenvalue weighted by molar-refractivity contribution is -0.118. The highest BCUT2D eigenvalue weighted by Gasteiger charge is 2.05. The van der Waals surface area contributed by atoms with Crippen molar-refractivity contribution in [3.63, 3.8) is 0 Å². The van der Waals surface area contributed by atoms with E-state index in [0.717, 1.165) is 0 Å². The lowest BCUT2D eigenvalue weighted by Crippen LogP contribution is -2.33. The van der Waals surface area contributed by atoms with Gasteiger partial charge in [-0.15, -0.1) is 11.3 Å². The Bertz CT molecular complexity index is 310. The molecule has 0 spiro atoms. The third-order valence-electron chi connectivity index (χ3n) is 1.45. The minimum atomic E-state index is -0.211. The molecule has 1 heterocycles. The normalized spacial score (nSPS) is 9.50. The van der Waals surface area contributed by atoms with E-state index in [1.807, 2.05) is 0 Å². The van der Waals surface area contributed by atoms with E-state index in [1.165, 1.54) is 18.3 Å². The molecule has 6 heteroatoms. The van der Waals surface area contributed by atoms with Gasteiger partial charge in [-0.3, -0.25) is 9.59 Å². The summed E-state index contributed by atoms with van der Waals surface area (Å²) in [4.78, 5) is 25.6. The molecule has 14 heavy (non-hydrogen) atoms. The lowest BCUT2D eigenvalue weighted by atomic mass is 10.4. The summed E-state index contributed by atoms with van der Waals surface area (Å²) in [5, 5.41) is 6.88. The third-order valence-corrected chi connectivity index (χ3v) is 2.04. The minimum Gasteiger partial charge on any atom is -0.355 e. The Kier molecular flexibility index (Phi) is 4.06. The molecule has 1 aromatic heterocycles. The number of rotatable bonds is 4. The number of amides is 2. The molecule has 0 saturated heterocycles. The summed E-state index contributed by atoms with van der Waals surface area (Å²) in [5.41, 5.74) is 2.01. The van der Waals surface area contributed by atoms with E-state index in [-0.39, 0.29) is 11.8 Å². The third kappa shape index (κ3) is 3.53. The van der Waals surface area contributed by atoms with Crippen molar-refractivity contribution in [3.8, 4) is 0 Å². The van der Waals surface area contributed by atoms with Gasteiger partial charge in [0.1, 0.15) is 5.69 Å². The molecule has 0 radical (unpaired) electrons. The van der Waals surface area contributed by atoms with Gasteiger partial charge in [0.05, 0.1) is 5.51 Å². The Labute approximate surface area is 85.5 Å². The van der Waals surface area contributed by atoms with Crippen molar-refractivity contribution in [2.75, 3.05) is 13.1 Å². The second-order valence-electron chi connectivity index (χ2n) is 2.61. The second-order valence-corrected chi connectivity index (χ2v) is 3.33. The highest BCUT2D eigenvalue weighted by atomic mass is 32.1. The molecule has 0 saturated carbocycles. The first kappa shape index (κ1) is 10.6. The monoisotopic (exact) mass is 213 g/mol. The van der Waals surface area contributed by atoms with Gasteiger partial charge in [0, 0.05) is 25.4 Å². The van der Waals surface area contributed by atoms with Crippen molar-refractivity contribution in [2.45, 2.75) is 6.92 Å². The molecule has 0 fully saturated rings. The molecule has 0 aliphatic carbocycles. The summed E-state index contributed by atoms with van der Waals surface area (Å²) in [6.07, 6.45) is 0. The summed E-state index contributed by atoms with van der Waals surface area (Å²) in [6, 6.07) is 0. The zero-order valence-corrected chi connectivity index (χ0v) is 8.56. The number of nitrogens with one attached hydrogen (secondary N) is 2. The molecule has 1 rings (SSSR count). The molecule has 0 aliphatic heterocycles. The zero-order valence-electron chi connectivity index (χ0n) is 7.74. The summed E-state index contributed by atoms with van der Waals surface area (Å²) in [6.45, 7) is 2.28. The first-order valence-corrected chi connectivity index (χ1v) is 5.05. The summed E-state index contributed by atoms with van der Waals surface area (Å²) in [5.74, 6) is -0.315. The SMILES string of the molecule is CC(=O)NCCNC(=O)c1cscn1. The Balaban J connectivity index is 2.19. The maximum absolute atomic E-state index is 11.3. The topological polar surface area (TPSA) is 71.1 Å². The van der Waals surface area contributed by atoms with Crippen LogP contribution in [0.1, 0.15) is 17.4 Å². The molecule has 2 amide bonds. The van der Waals surface area contributed by atoms with Crippen LogP contribution in [0.3, 0.4) is 0 Å². The van der Waals surface area contributed by atoms with E-state index in [0.29, 0.717) is 18.8 Å². The fourth-order valence-electron chi connectivity index (χ4n) is 0.830. The molecule has 2 N–H and O–H groups in total. The van der Waals surface area contributed by atoms with Crippen LogP contribution in [-0.4, -0.2) is 29.9 Å². The van der Waals surface area contributed by atoms with Gasteiger partial charge < -0.3 is 10.6 Å². The van der Waals surface area contributed by atoms with E-state index in [9.17, 15) is 9.59 Å². The maximum atomic E-state index is 11.3. The number of aromatic nitrogens is 1. The first-order valence-electron chi connectivity index (χ1n) is 4.11. The Morgan fingerprint density at radius 2 is 2.14 bits per heavy atom. The summed E-state index contributed by atoms with van der Waals surface area (Å²) < 4.78 is 0. The van der Waals surface area contributed by atoms with Crippen LogP contribution < -0.4 is 10.6 Å². The van der Waals surface area contributed by atoms with Crippen molar-refractivity contribution in [1.29, 1.82) is 0 Å². The van der Waals surface area contributed by atoms with Crippen LogP contribution >= 0.6 is 11.3 Å². The molecular weight excluding hydrogens is 202 g/mol. The van der Waals surface area contributed by atoms with Crippen LogP contribution in [0.4, 0.5) is 0 Å². The number of hydrogen-bond donors (Lipinski definition) is 2. The van der Waals surface area contributed by atoms with Gasteiger partial charge >= 0.3 is 0 Å². The first-order chi connectivity index (χ1) is 6.70. The number of thiazole rings is 1. The molecule has 5 nitrogen and oxygen atoms in total. The quantitative estimate of drug-likeness (QED) is 0.692. The lowest BCUT2D eigenvalue weighted by Gasteiger charge is -2.03. The van der Waals surface area contributed by atoms with E-state index in [2.05, 4.69) is 15.6 Å². The highest BCUT2D eigenvalue weighted by molar-refractivity contribution is 7.07. The van der Waals surface area contributed by atoms with Crippen molar-refractivity contribution < 1.29 is 9.59 Å². The van der Waals surface area contributed by atoms with Crippen LogP contribution in [-0.2, 0) is 4.79 Å². The number of hydrogen-bond acceptors (Lipinski definition) is 4. The predicted molar refractivity (Wildman–Crippen MR) is 53.1 cm³/mol. The van der Waals surface area contributed by atoms with Crippen LogP contribution in [0.15, 0.2) is 10.9 Å². The number of nitrogens with zero attached hydrogens (tertiary/aromatic N) is 1. The fraction of sp³-hybridized carbons (Fsp3) is 0.375. The van der Waals surface area contributed by atoms with Gasteiger partial charge in [-0.05, 0) is 0 Å². The predicted octanol–water partition coefficient (Wildman–Crippen LogP) is 0.00900. The standard InChI is InChI=1S/C8H11N3O2S/c1-6(12)9-2-3-10-8(13)7-4-14-5-11-7/h4-5H,2-3H2,1H3,(H,9,12)(H,10,13). The molecule has 0 bridgehead atoms. The van der Waals surface area contributed by atoms with Crippen molar-refractivity contribution in [1.82, 2.24) is 15.6 Å². The number of carbonyl (C=O) groups excluding carboxylic acids is 2. The Hall–Kier alpha value is -1.43. The fourth-order valence-corrected chi connectivity index (χ4v) is 1.36. The van der Waals surface area contributed by atoms with Crippen LogP contribution in [0.2, 0.25) is 0 Å². The number of carbonyl (C=O) groups is 2. The van der Waals surface area contributed by atoms with Gasteiger partial charge in [-0.2, -0.15) is 0 Å². The van der Waals surface area contributed by atoms with Gasteiger partial charge in [-0.25, -0.2) is 4.98 Å². The second kappa shape index (κ2) is 5.33. The van der Waals surface area contributed by atoms with Crippen LogP contribution in [0.25, 0.3) is 0 Å². The molecule has 76 valence electrons. The molecule has 1 aromatic rings. The van der Waals surface area contributed by atoms with Gasteiger partial charge in [-0.1, -0.05) is 0 Å². The summed E-state index contributed by atoms with van der Waals surface area (Å²) in [7, 11) is 0. The van der Waals surface area contributed by atoms with Crippen molar-refractivity contribution in [3.05, 3.63) is 16.6 Å². The summed E-state index contributed by atoms with van der Waals surface area (Å²) >= 11 is 1.37. The van der Waals surface area contributed by atoms with Crippen molar-refractivity contribution >= 4 is 23.2 Å². The molecule has 0 unspecified atom stereocenters. The van der Waals surface area contributed by atoms with E-state index >= 15 is 0 Å². The maximum Gasteiger partial charge on any atom is 0.270 e. The van der Waals surface area contributed by atoms with E-state index in [1.54, 1.807) is 10.9 Å². The Morgan fingerprint density at radius 1 is 1.43 bits per heavy atom. The van der Waals surface area contributed by atoms with E-state index in [4.69, 9.17) is 0 Å². The van der Waals surface area contributed by atoms with Crippen LogP contribution in [0, 0.1) is 0 Å². The molecule has 0 atom stereocenters.